The van der Waals surface area contributed by atoms with Crippen LogP contribution in [0.3, 0.4) is 0 Å². The summed E-state index contributed by atoms with van der Waals surface area (Å²) in [6, 6.07) is 8.33. The Balaban J connectivity index is 2.05. The standard InChI is InChI=1S/C12H11NO7S/c14-11-9(5-8-3-1-2-4-10(8)20-11)6-19-12(15)13-7-21(16,17)18/h1-5H,6-7H2,(H,13,15)(H,16,17,18). The number of hydrogen-bond donors (Lipinski definition) is 2. The van der Waals surface area contributed by atoms with Gasteiger partial charge in [-0.3, -0.25) is 4.55 Å². The quantitative estimate of drug-likeness (QED) is 0.634. The van der Waals surface area contributed by atoms with Crippen LogP contribution in [-0.2, 0) is 21.5 Å². The minimum atomic E-state index is -4.33. The second-order valence-electron chi connectivity index (χ2n) is 4.08. The van der Waals surface area contributed by atoms with E-state index in [-0.39, 0.29) is 12.2 Å². The molecule has 2 aromatic rings. The molecule has 0 saturated heterocycles. The van der Waals surface area contributed by atoms with E-state index in [0.29, 0.717) is 11.0 Å². The van der Waals surface area contributed by atoms with E-state index in [4.69, 9.17) is 8.97 Å². The summed E-state index contributed by atoms with van der Waals surface area (Å²) < 4.78 is 39.0. The molecule has 1 heterocycles. The highest BCUT2D eigenvalue weighted by atomic mass is 32.2. The van der Waals surface area contributed by atoms with Crippen LogP contribution in [0.15, 0.2) is 39.5 Å². The molecule has 0 aliphatic carbocycles. The Kier molecular flexibility index (Phi) is 4.24. The molecule has 1 aromatic carbocycles. The molecule has 21 heavy (non-hydrogen) atoms. The zero-order chi connectivity index (χ0) is 15.5. The number of alkyl carbamates (subject to hydrolysis) is 1. The number of benzene rings is 1. The van der Waals surface area contributed by atoms with Crippen LogP contribution < -0.4 is 10.9 Å². The number of carbonyl (C=O) groups excluding carboxylic acids is 1. The number of carbonyl (C=O) groups is 1. The van der Waals surface area contributed by atoms with Crippen molar-refractivity contribution in [2.24, 2.45) is 0 Å². The molecular weight excluding hydrogens is 302 g/mol. The highest BCUT2D eigenvalue weighted by Crippen LogP contribution is 2.12. The van der Waals surface area contributed by atoms with Crippen LogP contribution >= 0.6 is 0 Å². The van der Waals surface area contributed by atoms with Crippen molar-refractivity contribution in [3.8, 4) is 0 Å². The first-order valence-corrected chi connectivity index (χ1v) is 7.33. The van der Waals surface area contributed by atoms with Gasteiger partial charge in [-0.15, -0.1) is 0 Å². The van der Waals surface area contributed by atoms with E-state index in [9.17, 15) is 18.0 Å². The van der Waals surface area contributed by atoms with Gasteiger partial charge in [-0.1, -0.05) is 18.2 Å². The lowest BCUT2D eigenvalue weighted by atomic mass is 10.2. The Labute approximate surface area is 119 Å². The van der Waals surface area contributed by atoms with Crippen molar-refractivity contribution >= 4 is 27.2 Å². The number of fused-ring (bicyclic) bond motifs is 1. The SMILES string of the molecule is O=C(NCS(=O)(=O)O)OCc1cc2ccccc2oc1=O. The Morgan fingerprint density at radius 2 is 2.05 bits per heavy atom. The highest BCUT2D eigenvalue weighted by Gasteiger charge is 2.11. The summed E-state index contributed by atoms with van der Waals surface area (Å²) in [5.74, 6) is -0.974. The number of nitrogens with one attached hydrogen (secondary N) is 1. The third-order valence-corrected chi connectivity index (χ3v) is 2.98. The van der Waals surface area contributed by atoms with Gasteiger partial charge in [0.05, 0.1) is 5.56 Å². The molecule has 2 rings (SSSR count). The van der Waals surface area contributed by atoms with Gasteiger partial charge >= 0.3 is 11.7 Å². The number of ether oxygens (including phenoxy) is 1. The summed E-state index contributed by atoms with van der Waals surface area (Å²) in [7, 11) is -4.33. The molecule has 0 spiro atoms. The Morgan fingerprint density at radius 1 is 1.33 bits per heavy atom. The maximum Gasteiger partial charge on any atom is 0.408 e. The van der Waals surface area contributed by atoms with Crippen molar-refractivity contribution in [1.29, 1.82) is 0 Å². The zero-order valence-electron chi connectivity index (χ0n) is 10.6. The van der Waals surface area contributed by atoms with Gasteiger partial charge < -0.3 is 14.5 Å². The summed E-state index contributed by atoms with van der Waals surface area (Å²) in [5, 5.41) is 2.48. The topological polar surface area (TPSA) is 123 Å². The molecule has 2 N–H and O–H groups in total. The van der Waals surface area contributed by atoms with Crippen molar-refractivity contribution in [1.82, 2.24) is 5.32 Å². The monoisotopic (exact) mass is 313 g/mol. The predicted octanol–water partition coefficient (Wildman–Crippen LogP) is 0.865. The van der Waals surface area contributed by atoms with Gasteiger partial charge in [-0.2, -0.15) is 8.42 Å². The third kappa shape index (κ3) is 4.29. The molecule has 0 fully saturated rings. The lowest BCUT2D eigenvalue weighted by Crippen LogP contribution is -2.30. The van der Waals surface area contributed by atoms with Crippen molar-refractivity contribution < 1.29 is 26.9 Å². The van der Waals surface area contributed by atoms with Gasteiger partial charge in [-0.05, 0) is 12.1 Å². The van der Waals surface area contributed by atoms with Gasteiger partial charge in [0.15, 0.2) is 0 Å². The first-order valence-electron chi connectivity index (χ1n) is 5.73. The molecule has 0 atom stereocenters. The fourth-order valence-corrected chi connectivity index (χ4v) is 1.85. The molecule has 112 valence electrons. The minimum absolute atomic E-state index is 0.107. The molecule has 0 bridgehead atoms. The van der Waals surface area contributed by atoms with Gasteiger partial charge in [0.25, 0.3) is 10.1 Å². The number of para-hydroxylation sites is 1. The van der Waals surface area contributed by atoms with Crippen molar-refractivity contribution in [2.75, 3.05) is 5.88 Å². The van der Waals surface area contributed by atoms with Crippen LogP contribution in [0.1, 0.15) is 5.56 Å². The summed E-state index contributed by atoms with van der Waals surface area (Å²) in [6.07, 6.45) is -1.08. The maximum absolute atomic E-state index is 11.6. The van der Waals surface area contributed by atoms with Crippen molar-refractivity contribution in [3.63, 3.8) is 0 Å². The molecule has 0 radical (unpaired) electrons. The molecular formula is C12H11NO7S. The van der Waals surface area contributed by atoms with Crippen LogP contribution in [0.25, 0.3) is 11.0 Å². The van der Waals surface area contributed by atoms with E-state index in [1.807, 2.05) is 5.32 Å². The van der Waals surface area contributed by atoms with E-state index in [2.05, 4.69) is 4.74 Å². The molecule has 9 heteroatoms. The second kappa shape index (κ2) is 5.94. The molecule has 0 aliphatic rings. The summed E-state index contributed by atoms with van der Waals surface area (Å²) in [5.41, 5.74) is -0.144. The van der Waals surface area contributed by atoms with Crippen LogP contribution in [0, 0.1) is 0 Å². The van der Waals surface area contributed by atoms with E-state index in [0.717, 1.165) is 0 Å². The number of amides is 1. The zero-order valence-corrected chi connectivity index (χ0v) is 11.4. The largest absolute Gasteiger partial charge is 0.444 e. The van der Waals surface area contributed by atoms with Gasteiger partial charge in [0.2, 0.25) is 0 Å². The lowest BCUT2D eigenvalue weighted by Gasteiger charge is -2.05. The van der Waals surface area contributed by atoms with Crippen molar-refractivity contribution in [2.45, 2.75) is 6.61 Å². The van der Waals surface area contributed by atoms with Crippen LogP contribution in [0.2, 0.25) is 0 Å². The number of rotatable bonds is 4. The molecule has 0 aliphatic heterocycles. The van der Waals surface area contributed by atoms with E-state index in [1.54, 1.807) is 24.3 Å². The summed E-state index contributed by atoms with van der Waals surface area (Å²) in [4.78, 5) is 22.8. The van der Waals surface area contributed by atoms with Crippen LogP contribution in [0.4, 0.5) is 4.79 Å². The first-order chi connectivity index (χ1) is 9.85. The fourth-order valence-electron chi connectivity index (χ4n) is 1.55. The summed E-state index contributed by atoms with van der Waals surface area (Å²) >= 11 is 0. The summed E-state index contributed by atoms with van der Waals surface area (Å²) in [6.45, 7) is -0.384. The van der Waals surface area contributed by atoms with E-state index in [1.165, 1.54) is 6.07 Å². The minimum Gasteiger partial charge on any atom is -0.444 e. The third-order valence-electron chi connectivity index (χ3n) is 2.47. The lowest BCUT2D eigenvalue weighted by molar-refractivity contribution is 0.140. The van der Waals surface area contributed by atoms with Crippen LogP contribution in [0.5, 0.6) is 0 Å². The maximum atomic E-state index is 11.6. The first kappa shape index (κ1) is 15.0. The predicted molar refractivity (Wildman–Crippen MR) is 72.2 cm³/mol. The molecule has 0 saturated carbocycles. The molecule has 1 aromatic heterocycles. The van der Waals surface area contributed by atoms with Gasteiger partial charge in [0.1, 0.15) is 18.1 Å². The Morgan fingerprint density at radius 3 is 2.76 bits per heavy atom. The highest BCUT2D eigenvalue weighted by molar-refractivity contribution is 7.85. The second-order valence-corrected chi connectivity index (χ2v) is 5.53. The molecule has 8 nitrogen and oxygen atoms in total. The Hall–Kier alpha value is -2.39. The number of hydrogen-bond acceptors (Lipinski definition) is 6. The smallest absolute Gasteiger partial charge is 0.408 e. The van der Waals surface area contributed by atoms with Crippen molar-refractivity contribution in [3.05, 3.63) is 46.3 Å². The fraction of sp³-hybridized carbons (Fsp3) is 0.167. The average molecular weight is 313 g/mol. The Bertz CT molecular complexity index is 825. The van der Waals surface area contributed by atoms with E-state index >= 15 is 0 Å². The molecule has 1 amide bonds. The van der Waals surface area contributed by atoms with Crippen LogP contribution in [-0.4, -0.2) is 24.9 Å². The van der Waals surface area contributed by atoms with Gasteiger partial charge in [-0.25, -0.2) is 9.59 Å². The average Bonchev–Trinajstić information content (AvgIpc) is 2.42. The van der Waals surface area contributed by atoms with E-state index < -0.39 is 27.7 Å². The van der Waals surface area contributed by atoms with Gasteiger partial charge in [0, 0.05) is 5.39 Å². The normalized spacial score (nSPS) is 11.3. The molecule has 0 unspecified atom stereocenters.